The second kappa shape index (κ2) is 6.72. The van der Waals surface area contributed by atoms with Crippen LogP contribution in [-0.4, -0.2) is 53.4 Å². The van der Waals surface area contributed by atoms with Gasteiger partial charge < -0.3 is 15.1 Å². The monoisotopic (exact) mass is 324 g/mol. The van der Waals surface area contributed by atoms with Gasteiger partial charge in [-0.05, 0) is 19.1 Å². The Morgan fingerprint density at radius 1 is 1.62 bits per heavy atom. The smallest absolute Gasteiger partial charge is 0.174 e. The van der Waals surface area contributed by atoms with Gasteiger partial charge in [0.15, 0.2) is 11.5 Å². The molecule has 0 bridgehead atoms. The maximum atomic E-state index is 5.70. The highest BCUT2D eigenvalue weighted by Gasteiger charge is 2.22. The molecule has 2 aromatic heterocycles. The lowest BCUT2D eigenvalue weighted by Crippen LogP contribution is -2.44. The fourth-order valence-corrected chi connectivity index (χ4v) is 2.78. The Hall–Kier alpha value is -2.85. The van der Waals surface area contributed by atoms with E-state index in [0.717, 1.165) is 23.3 Å². The van der Waals surface area contributed by atoms with Crippen LogP contribution in [0.2, 0.25) is 0 Å². The number of ether oxygens (including phenoxy) is 1. The Labute approximate surface area is 141 Å². The van der Waals surface area contributed by atoms with Crippen molar-refractivity contribution in [2.75, 3.05) is 31.7 Å². The van der Waals surface area contributed by atoms with Crippen LogP contribution in [0.1, 0.15) is 12.5 Å². The number of rotatable bonds is 3. The van der Waals surface area contributed by atoms with Gasteiger partial charge in [0.25, 0.3) is 0 Å². The molecular formula is C17H20N6O. The molecule has 1 unspecified atom stereocenters. The van der Waals surface area contributed by atoms with Crippen LogP contribution in [-0.2, 0) is 4.74 Å². The molecule has 1 atom stereocenters. The molecule has 1 aliphatic heterocycles. The van der Waals surface area contributed by atoms with Crippen molar-refractivity contribution in [3.8, 4) is 12.3 Å². The molecule has 3 rings (SSSR count). The van der Waals surface area contributed by atoms with Crippen molar-refractivity contribution in [2.24, 2.45) is 5.10 Å². The molecule has 1 fully saturated rings. The molecule has 0 aromatic carbocycles. The van der Waals surface area contributed by atoms with Crippen LogP contribution in [0.5, 0.6) is 0 Å². The van der Waals surface area contributed by atoms with E-state index >= 15 is 0 Å². The number of allylic oxidation sites excluding steroid dienone is 1. The minimum Gasteiger partial charge on any atom is -0.377 e. The lowest BCUT2D eigenvalue weighted by molar-refractivity contribution is 0.0985. The van der Waals surface area contributed by atoms with Crippen molar-refractivity contribution in [1.82, 2.24) is 20.2 Å². The summed E-state index contributed by atoms with van der Waals surface area (Å²) in [5.41, 5.74) is 4.16. The van der Waals surface area contributed by atoms with Crippen molar-refractivity contribution in [3.05, 3.63) is 30.5 Å². The lowest BCUT2D eigenvalue weighted by Gasteiger charge is -2.34. The minimum absolute atomic E-state index is 0.232. The van der Waals surface area contributed by atoms with Crippen molar-refractivity contribution in [1.29, 1.82) is 0 Å². The Morgan fingerprint density at radius 3 is 3.12 bits per heavy atom. The summed E-state index contributed by atoms with van der Waals surface area (Å²) in [6.07, 6.45) is 9.03. The van der Waals surface area contributed by atoms with Crippen molar-refractivity contribution < 1.29 is 4.74 Å². The normalized spacial score (nSPS) is 18.5. The van der Waals surface area contributed by atoms with Gasteiger partial charge in [-0.1, -0.05) is 12.5 Å². The van der Waals surface area contributed by atoms with E-state index < -0.39 is 0 Å². The lowest BCUT2D eigenvalue weighted by atomic mass is 10.1. The molecule has 0 amide bonds. The first-order valence-electron chi connectivity index (χ1n) is 7.76. The zero-order chi connectivity index (χ0) is 17.1. The number of nitrogens with one attached hydrogen (secondary N) is 1. The largest absolute Gasteiger partial charge is 0.377 e. The number of pyridine rings is 1. The number of hydrogen-bond acceptors (Lipinski definition) is 6. The van der Waals surface area contributed by atoms with Crippen molar-refractivity contribution in [2.45, 2.75) is 13.0 Å². The zero-order valence-electron chi connectivity index (χ0n) is 13.9. The fourth-order valence-electron chi connectivity index (χ4n) is 2.78. The standard InChI is InChI=1S/C17H20N6O/c1-5-13-9-16(22-7-8-24-11-12(22)3)20-17-14(13)10-19-23(17)15(6-2)21-18-4/h1,6,9-10,12,18H,2,7-8,11H2,3-4H3/b21-15+. The van der Waals surface area contributed by atoms with Gasteiger partial charge in [0.1, 0.15) is 5.82 Å². The molecule has 1 aliphatic rings. The maximum Gasteiger partial charge on any atom is 0.174 e. The molecule has 7 heteroatoms. The van der Waals surface area contributed by atoms with Crippen LogP contribution >= 0.6 is 0 Å². The average Bonchev–Trinajstić information content (AvgIpc) is 3.03. The van der Waals surface area contributed by atoms with E-state index in [9.17, 15) is 0 Å². The van der Waals surface area contributed by atoms with Crippen LogP contribution in [0.25, 0.3) is 11.0 Å². The summed E-state index contributed by atoms with van der Waals surface area (Å²) in [5, 5.41) is 9.36. The predicted octanol–water partition coefficient (Wildman–Crippen LogP) is 1.20. The molecule has 0 aliphatic carbocycles. The van der Waals surface area contributed by atoms with E-state index in [1.165, 1.54) is 0 Å². The molecule has 3 heterocycles. The maximum absolute atomic E-state index is 5.70. The highest BCUT2D eigenvalue weighted by molar-refractivity contribution is 6.00. The summed E-state index contributed by atoms with van der Waals surface area (Å²) < 4.78 is 7.14. The highest BCUT2D eigenvalue weighted by Crippen LogP contribution is 2.25. The average molecular weight is 324 g/mol. The topological polar surface area (TPSA) is 67.6 Å². The predicted molar refractivity (Wildman–Crippen MR) is 95.2 cm³/mol. The molecule has 1 N–H and O–H groups in total. The van der Waals surface area contributed by atoms with Crippen molar-refractivity contribution >= 4 is 22.7 Å². The summed E-state index contributed by atoms with van der Waals surface area (Å²) in [7, 11) is 1.72. The van der Waals surface area contributed by atoms with Gasteiger partial charge in [-0.2, -0.15) is 14.9 Å². The van der Waals surface area contributed by atoms with E-state index in [4.69, 9.17) is 16.1 Å². The van der Waals surface area contributed by atoms with Crippen LogP contribution in [0, 0.1) is 12.3 Å². The summed E-state index contributed by atoms with van der Waals surface area (Å²) in [6.45, 7) is 8.01. The molecule has 1 saturated heterocycles. The SMILES string of the molecule is C#Cc1cc(N2CCOCC2C)nc2c1cnn2/C(C=C)=N/NC. The Bertz CT molecular complexity index is 831. The summed E-state index contributed by atoms with van der Waals surface area (Å²) >= 11 is 0. The van der Waals surface area contributed by atoms with Crippen LogP contribution in [0.3, 0.4) is 0 Å². The number of hydrogen-bond donors (Lipinski definition) is 1. The third kappa shape index (κ3) is 2.72. The molecule has 124 valence electrons. The van der Waals surface area contributed by atoms with E-state index in [1.807, 2.05) is 6.07 Å². The molecule has 24 heavy (non-hydrogen) atoms. The van der Waals surface area contributed by atoms with Crippen LogP contribution < -0.4 is 10.3 Å². The zero-order valence-corrected chi connectivity index (χ0v) is 13.9. The van der Waals surface area contributed by atoms with Gasteiger partial charge in [0.2, 0.25) is 0 Å². The Kier molecular flexibility index (Phi) is 4.49. The van der Waals surface area contributed by atoms with Gasteiger partial charge in [-0.25, -0.2) is 4.98 Å². The van der Waals surface area contributed by atoms with Gasteiger partial charge in [0, 0.05) is 19.2 Å². The molecule has 0 saturated carbocycles. The molecule has 7 nitrogen and oxygen atoms in total. The highest BCUT2D eigenvalue weighted by atomic mass is 16.5. The van der Waals surface area contributed by atoms with E-state index in [2.05, 4.69) is 39.9 Å². The summed E-state index contributed by atoms with van der Waals surface area (Å²) in [4.78, 5) is 6.99. The number of nitrogens with zero attached hydrogens (tertiary/aromatic N) is 5. The molecular weight excluding hydrogens is 304 g/mol. The first-order valence-corrected chi connectivity index (χ1v) is 7.76. The van der Waals surface area contributed by atoms with Crippen LogP contribution in [0.4, 0.5) is 5.82 Å². The first-order chi connectivity index (χ1) is 11.7. The van der Waals surface area contributed by atoms with Gasteiger partial charge in [-0.15, -0.1) is 6.42 Å². The van der Waals surface area contributed by atoms with E-state index in [-0.39, 0.29) is 6.04 Å². The second-order valence-corrected chi connectivity index (χ2v) is 5.48. The minimum atomic E-state index is 0.232. The third-order valence-electron chi connectivity index (χ3n) is 3.97. The summed E-state index contributed by atoms with van der Waals surface area (Å²) in [6, 6.07) is 2.16. The van der Waals surface area contributed by atoms with Gasteiger partial charge >= 0.3 is 0 Å². The van der Waals surface area contributed by atoms with Crippen LogP contribution in [0.15, 0.2) is 30.0 Å². The molecule has 2 aromatic rings. The molecule has 0 radical (unpaired) electrons. The molecule has 0 spiro atoms. The number of terminal acetylenes is 1. The third-order valence-corrected chi connectivity index (χ3v) is 3.97. The quantitative estimate of drug-likeness (QED) is 0.398. The number of anilines is 1. The second-order valence-electron chi connectivity index (χ2n) is 5.48. The van der Waals surface area contributed by atoms with E-state index in [0.29, 0.717) is 24.7 Å². The van der Waals surface area contributed by atoms with Crippen molar-refractivity contribution in [3.63, 3.8) is 0 Å². The van der Waals surface area contributed by atoms with Gasteiger partial charge in [0.05, 0.1) is 30.8 Å². The number of aromatic nitrogens is 3. The Morgan fingerprint density at radius 2 is 2.46 bits per heavy atom. The Balaban J connectivity index is 2.17. The van der Waals surface area contributed by atoms with E-state index in [1.54, 1.807) is 24.0 Å². The fraction of sp³-hybridized carbons (Fsp3) is 0.353. The summed E-state index contributed by atoms with van der Waals surface area (Å²) in [5.74, 6) is 4.11. The number of fused-ring (bicyclic) bond motifs is 1. The number of morpholine rings is 1. The van der Waals surface area contributed by atoms with Gasteiger partial charge in [-0.3, -0.25) is 0 Å². The first kappa shape index (κ1) is 16.0. The number of hydrazone groups is 1.